The molecule has 1 N–H and O–H groups in total. The lowest BCUT2D eigenvalue weighted by molar-refractivity contribution is -0.137. The number of thioether (sulfide) groups is 1. The number of imide groups is 1. The first kappa shape index (κ1) is 20.2. The van der Waals surface area contributed by atoms with Gasteiger partial charge in [0.05, 0.1) is 17.4 Å². The number of hydrogen-bond donors (Lipinski definition) is 1. The number of rotatable bonds is 4. The van der Waals surface area contributed by atoms with E-state index in [-0.39, 0.29) is 23.3 Å². The van der Waals surface area contributed by atoms with Crippen molar-refractivity contribution in [2.75, 3.05) is 0 Å². The predicted octanol–water partition coefficient (Wildman–Crippen LogP) is 3.96. The molecule has 0 bridgehead atoms. The molecule has 9 heteroatoms. The van der Waals surface area contributed by atoms with Crippen LogP contribution in [0.1, 0.15) is 16.7 Å². The van der Waals surface area contributed by atoms with Crippen LogP contribution in [0.15, 0.2) is 59.5 Å². The summed E-state index contributed by atoms with van der Waals surface area (Å²) in [6.07, 6.45) is -2.50. The third-order valence-corrected chi connectivity index (χ3v) is 5.85. The molecule has 0 radical (unpaired) electrons. The van der Waals surface area contributed by atoms with Crippen LogP contribution in [0.3, 0.4) is 0 Å². The molecule has 3 aromatic rings. The molecule has 2 amide bonds. The number of alkyl halides is 3. The molecule has 1 atom stereocenters. The number of fused-ring (bicyclic) bond motifs is 1. The molecule has 0 aliphatic carbocycles. The normalized spacial score (nSPS) is 16.8. The molecule has 2 aromatic carbocycles. The van der Waals surface area contributed by atoms with Gasteiger partial charge in [0.15, 0.2) is 0 Å². The standard InChI is InChI=1S/C21H15F3N2O3S/c22-21(23,24)15-5-2-12(3-6-15)11-26-8-7-14-4-1-13(9-16(14)19(26)28)10-17-18(27)25-20(29)30-17/h1-9,17H,10-11H2,(H,25,27,29). The Balaban J connectivity index is 1.60. The minimum Gasteiger partial charge on any atom is -0.311 e. The summed E-state index contributed by atoms with van der Waals surface area (Å²) in [5, 5.41) is 2.47. The fraction of sp³-hybridized carbons (Fsp3) is 0.190. The molecule has 30 heavy (non-hydrogen) atoms. The highest BCUT2D eigenvalue weighted by molar-refractivity contribution is 8.15. The summed E-state index contributed by atoms with van der Waals surface area (Å²) in [6, 6.07) is 11.7. The molecule has 0 spiro atoms. The highest BCUT2D eigenvalue weighted by Gasteiger charge is 2.31. The van der Waals surface area contributed by atoms with Crippen molar-refractivity contribution in [2.24, 2.45) is 0 Å². The number of aromatic nitrogens is 1. The van der Waals surface area contributed by atoms with E-state index in [4.69, 9.17) is 0 Å². The lowest BCUT2D eigenvalue weighted by Crippen LogP contribution is -2.25. The molecular formula is C21H15F3N2O3S. The first-order valence-electron chi connectivity index (χ1n) is 9.00. The van der Waals surface area contributed by atoms with Gasteiger partial charge in [-0.2, -0.15) is 13.2 Å². The third-order valence-electron chi connectivity index (χ3n) is 4.87. The number of benzene rings is 2. The number of nitrogens with zero attached hydrogens (tertiary/aromatic N) is 1. The van der Waals surface area contributed by atoms with E-state index in [9.17, 15) is 27.6 Å². The van der Waals surface area contributed by atoms with Crippen LogP contribution in [0.2, 0.25) is 0 Å². The van der Waals surface area contributed by atoms with Crippen LogP contribution in [0.4, 0.5) is 18.0 Å². The van der Waals surface area contributed by atoms with Crippen LogP contribution < -0.4 is 10.9 Å². The fourth-order valence-corrected chi connectivity index (χ4v) is 4.18. The Hall–Kier alpha value is -3.07. The van der Waals surface area contributed by atoms with E-state index < -0.39 is 17.0 Å². The van der Waals surface area contributed by atoms with Crippen LogP contribution in [0, 0.1) is 0 Å². The molecule has 4 rings (SSSR count). The first-order chi connectivity index (χ1) is 14.2. The molecule has 2 heterocycles. The summed E-state index contributed by atoms with van der Waals surface area (Å²) in [6.45, 7) is 0.131. The van der Waals surface area contributed by atoms with Crippen molar-refractivity contribution >= 4 is 33.7 Å². The van der Waals surface area contributed by atoms with Gasteiger partial charge in [-0.3, -0.25) is 19.7 Å². The maximum absolute atomic E-state index is 12.9. The lowest BCUT2D eigenvalue weighted by Gasteiger charge is -2.11. The molecular weight excluding hydrogens is 417 g/mol. The van der Waals surface area contributed by atoms with Gasteiger partial charge in [0.1, 0.15) is 0 Å². The number of halogens is 3. The van der Waals surface area contributed by atoms with E-state index >= 15 is 0 Å². The maximum atomic E-state index is 12.9. The average Bonchev–Trinajstić information content (AvgIpc) is 3.01. The van der Waals surface area contributed by atoms with Crippen LogP contribution in [-0.4, -0.2) is 21.0 Å². The second-order valence-corrected chi connectivity index (χ2v) is 8.13. The van der Waals surface area contributed by atoms with E-state index in [1.807, 2.05) is 0 Å². The largest absolute Gasteiger partial charge is 0.416 e. The molecule has 1 aliphatic rings. The van der Waals surface area contributed by atoms with Crippen LogP contribution >= 0.6 is 11.8 Å². The minimum atomic E-state index is -4.41. The van der Waals surface area contributed by atoms with Gasteiger partial charge in [-0.25, -0.2) is 0 Å². The highest BCUT2D eigenvalue weighted by Crippen LogP contribution is 2.29. The van der Waals surface area contributed by atoms with Crippen molar-refractivity contribution in [3.8, 4) is 0 Å². The van der Waals surface area contributed by atoms with E-state index in [1.54, 1.807) is 30.5 Å². The van der Waals surface area contributed by atoms with Crippen molar-refractivity contribution in [3.63, 3.8) is 0 Å². The van der Waals surface area contributed by atoms with Gasteiger partial charge in [0.2, 0.25) is 5.91 Å². The fourth-order valence-electron chi connectivity index (χ4n) is 3.32. The van der Waals surface area contributed by atoms with E-state index in [0.717, 1.165) is 29.5 Å². The Kier molecular flexibility index (Phi) is 5.15. The summed E-state index contributed by atoms with van der Waals surface area (Å²) in [5.74, 6) is -0.349. The highest BCUT2D eigenvalue weighted by atomic mass is 32.2. The first-order valence-corrected chi connectivity index (χ1v) is 9.88. The Morgan fingerprint density at radius 1 is 0.967 bits per heavy atom. The summed E-state index contributed by atoms with van der Waals surface area (Å²) in [4.78, 5) is 36.0. The number of amides is 2. The molecule has 1 fully saturated rings. The van der Waals surface area contributed by atoms with Crippen molar-refractivity contribution < 1.29 is 22.8 Å². The molecule has 154 valence electrons. The second-order valence-electron chi connectivity index (χ2n) is 6.95. The van der Waals surface area contributed by atoms with Crippen LogP contribution in [-0.2, 0) is 23.9 Å². The predicted molar refractivity (Wildman–Crippen MR) is 107 cm³/mol. The summed E-state index contributed by atoms with van der Waals surface area (Å²) in [7, 11) is 0. The van der Waals surface area contributed by atoms with Crippen molar-refractivity contribution in [2.45, 2.75) is 24.4 Å². The van der Waals surface area contributed by atoms with Gasteiger partial charge in [0.25, 0.3) is 10.8 Å². The Bertz CT molecular complexity index is 1200. The molecule has 0 saturated carbocycles. The van der Waals surface area contributed by atoms with E-state index in [0.29, 0.717) is 22.8 Å². The summed E-state index contributed by atoms with van der Waals surface area (Å²) >= 11 is 0.923. The maximum Gasteiger partial charge on any atom is 0.416 e. The topological polar surface area (TPSA) is 68.2 Å². The van der Waals surface area contributed by atoms with Gasteiger partial charge >= 0.3 is 6.18 Å². The molecule has 5 nitrogen and oxygen atoms in total. The van der Waals surface area contributed by atoms with E-state index in [1.165, 1.54) is 16.7 Å². The second kappa shape index (κ2) is 7.64. The SMILES string of the molecule is O=C1NC(=O)C(Cc2ccc3ccn(Cc4ccc(C(F)(F)F)cc4)c(=O)c3c2)S1. The average molecular weight is 432 g/mol. The van der Waals surface area contributed by atoms with Crippen molar-refractivity contribution in [1.82, 2.24) is 9.88 Å². The summed E-state index contributed by atoms with van der Waals surface area (Å²) < 4.78 is 39.6. The van der Waals surface area contributed by atoms with Gasteiger partial charge in [-0.15, -0.1) is 0 Å². The Labute approximate surface area is 172 Å². The number of hydrogen-bond acceptors (Lipinski definition) is 4. The zero-order valence-electron chi connectivity index (χ0n) is 15.4. The lowest BCUT2D eigenvalue weighted by atomic mass is 10.0. The van der Waals surface area contributed by atoms with E-state index in [2.05, 4.69) is 5.32 Å². The molecule has 1 aliphatic heterocycles. The van der Waals surface area contributed by atoms with Crippen LogP contribution in [0.25, 0.3) is 10.8 Å². The molecule has 1 aromatic heterocycles. The monoisotopic (exact) mass is 432 g/mol. The van der Waals surface area contributed by atoms with Gasteiger partial charge in [0, 0.05) is 11.6 Å². The minimum absolute atomic E-state index is 0.131. The Morgan fingerprint density at radius 2 is 1.67 bits per heavy atom. The summed E-state index contributed by atoms with van der Waals surface area (Å²) in [5.41, 5.74) is 0.287. The number of pyridine rings is 1. The van der Waals surface area contributed by atoms with Crippen molar-refractivity contribution in [3.05, 3.63) is 81.8 Å². The van der Waals surface area contributed by atoms with Gasteiger partial charge in [-0.1, -0.05) is 36.0 Å². The van der Waals surface area contributed by atoms with Crippen molar-refractivity contribution in [1.29, 1.82) is 0 Å². The quantitative estimate of drug-likeness (QED) is 0.678. The van der Waals surface area contributed by atoms with Crippen LogP contribution in [0.5, 0.6) is 0 Å². The zero-order valence-corrected chi connectivity index (χ0v) is 16.2. The smallest absolute Gasteiger partial charge is 0.311 e. The van der Waals surface area contributed by atoms with Gasteiger partial charge in [-0.05, 0) is 47.2 Å². The zero-order chi connectivity index (χ0) is 21.5. The molecule has 1 unspecified atom stereocenters. The van der Waals surface area contributed by atoms with Gasteiger partial charge < -0.3 is 4.57 Å². The number of carbonyl (C=O) groups excluding carboxylic acids is 2. The third kappa shape index (κ3) is 4.11. The number of nitrogens with one attached hydrogen (secondary N) is 1. The molecule has 1 saturated heterocycles. The Morgan fingerprint density at radius 3 is 2.30 bits per heavy atom. The number of carbonyl (C=O) groups is 2.